The summed E-state index contributed by atoms with van der Waals surface area (Å²) < 4.78 is 5.72. The number of nitrogens with zero attached hydrogens (tertiary/aromatic N) is 1. The average molecular weight is 403 g/mol. The smallest absolute Gasteiger partial charge is 0.290 e. The lowest BCUT2D eigenvalue weighted by Crippen LogP contribution is -2.40. The van der Waals surface area contributed by atoms with Crippen LogP contribution >= 0.6 is 11.6 Å². The summed E-state index contributed by atoms with van der Waals surface area (Å²) in [5, 5.41) is 3.43. The molecule has 2 aromatic rings. The number of nitrogens with one attached hydrogen (secondary N) is 1. The van der Waals surface area contributed by atoms with E-state index in [1.807, 2.05) is 12.1 Å². The molecule has 0 saturated heterocycles. The highest BCUT2D eigenvalue weighted by atomic mass is 35.5. The number of amides is 2. The maximum atomic E-state index is 12.9. The van der Waals surface area contributed by atoms with E-state index in [-0.39, 0.29) is 29.9 Å². The Kier molecular flexibility index (Phi) is 6.19. The van der Waals surface area contributed by atoms with Gasteiger partial charge in [-0.05, 0) is 38.0 Å². The lowest BCUT2D eigenvalue weighted by Gasteiger charge is -2.19. The summed E-state index contributed by atoms with van der Waals surface area (Å²) in [6.07, 6.45) is 1.87. The van der Waals surface area contributed by atoms with Crippen LogP contribution in [0.15, 0.2) is 28.7 Å². The number of carbonyl (C=O) groups is 3. The second-order valence-electron chi connectivity index (χ2n) is 6.85. The van der Waals surface area contributed by atoms with Crippen molar-refractivity contribution >= 4 is 29.2 Å². The molecule has 1 aromatic carbocycles. The van der Waals surface area contributed by atoms with Crippen molar-refractivity contribution in [2.45, 2.75) is 39.7 Å². The molecule has 148 valence electrons. The monoisotopic (exact) mass is 402 g/mol. The van der Waals surface area contributed by atoms with Crippen LogP contribution in [0.4, 0.5) is 0 Å². The van der Waals surface area contributed by atoms with Crippen molar-refractivity contribution < 1.29 is 18.8 Å². The normalized spacial score (nSPS) is 13.2. The summed E-state index contributed by atoms with van der Waals surface area (Å²) in [7, 11) is 0. The first-order valence-corrected chi connectivity index (χ1v) is 9.74. The number of carbonyl (C=O) groups excluding carboxylic acids is 3. The minimum atomic E-state index is -0.371. The minimum absolute atomic E-state index is 0.0188. The highest BCUT2D eigenvalue weighted by Crippen LogP contribution is 2.30. The second kappa shape index (κ2) is 8.61. The molecule has 0 fully saturated rings. The van der Waals surface area contributed by atoms with Crippen molar-refractivity contribution in [3.63, 3.8) is 0 Å². The van der Waals surface area contributed by atoms with Gasteiger partial charge in [0, 0.05) is 36.5 Å². The van der Waals surface area contributed by atoms with E-state index in [1.54, 1.807) is 26.0 Å². The molecular weight excluding hydrogens is 380 g/mol. The molecule has 1 heterocycles. The quantitative estimate of drug-likeness (QED) is 0.801. The Labute approximate surface area is 168 Å². The van der Waals surface area contributed by atoms with Gasteiger partial charge in [-0.25, -0.2) is 0 Å². The maximum absolute atomic E-state index is 12.9. The van der Waals surface area contributed by atoms with E-state index in [4.69, 9.17) is 16.0 Å². The van der Waals surface area contributed by atoms with Crippen molar-refractivity contribution in [1.29, 1.82) is 0 Å². The number of likely N-dealkylation sites (N-methyl/N-ethyl adjacent to an activating group) is 1. The van der Waals surface area contributed by atoms with Crippen LogP contribution in [-0.4, -0.2) is 35.6 Å². The molecule has 0 saturated carbocycles. The second-order valence-corrected chi connectivity index (χ2v) is 7.29. The predicted molar refractivity (Wildman–Crippen MR) is 106 cm³/mol. The maximum Gasteiger partial charge on any atom is 0.290 e. The minimum Gasteiger partial charge on any atom is -0.455 e. The van der Waals surface area contributed by atoms with Crippen molar-refractivity contribution in [2.75, 3.05) is 13.1 Å². The number of ketones is 1. The van der Waals surface area contributed by atoms with Crippen molar-refractivity contribution in [2.24, 2.45) is 0 Å². The third-order valence-corrected chi connectivity index (χ3v) is 5.16. The Balaban J connectivity index is 1.66. The zero-order valence-corrected chi connectivity index (χ0v) is 16.8. The molecule has 1 N–H and O–H groups in total. The molecule has 2 amide bonds. The molecule has 1 aromatic heterocycles. The number of hydrogen-bond acceptors (Lipinski definition) is 4. The van der Waals surface area contributed by atoms with Gasteiger partial charge in [-0.15, -0.1) is 0 Å². The van der Waals surface area contributed by atoms with E-state index in [9.17, 15) is 14.4 Å². The van der Waals surface area contributed by atoms with E-state index in [1.165, 1.54) is 4.90 Å². The van der Waals surface area contributed by atoms with Crippen LogP contribution in [0.1, 0.15) is 57.6 Å². The molecule has 1 aliphatic carbocycles. The molecule has 3 rings (SSSR count). The number of halogens is 1. The van der Waals surface area contributed by atoms with Gasteiger partial charge in [0.15, 0.2) is 11.5 Å². The van der Waals surface area contributed by atoms with Crippen molar-refractivity contribution in [3.8, 4) is 0 Å². The molecule has 1 aliphatic rings. The number of aryl methyl sites for hydroxylation is 1. The fourth-order valence-corrected chi connectivity index (χ4v) is 3.48. The van der Waals surface area contributed by atoms with Gasteiger partial charge in [0.1, 0.15) is 5.76 Å². The first kappa shape index (κ1) is 20.1. The largest absolute Gasteiger partial charge is 0.455 e. The van der Waals surface area contributed by atoms with E-state index in [0.717, 1.165) is 12.0 Å². The van der Waals surface area contributed by atoms with Crippen molar-refractivity contribution in [1.82, 2.24) is 10.2 Å². The van der Waals surface area contributed by atoms with Crippen LogP contribution in [0.2, 0.25) is 5.02 Å². The summed E-state index contributed by atoms with van der Waals surface area (Å²) in [4.78, 5) is 38.8. The Morgan fingerprint density at radius 2 is 1.93 bits per heavy atom. The molecule has 0 radical (unpaired) electrons. The predicted octanol–water partition coefficient (Wildman–Crippen LogP) is 3.54. The Morgan fingerprint density at radius 3 is 2.57 bits per heavy atom. The third kappa shape index (κ3) is 4.28. The molecule has 0 unspecified atom stereocenters. The summed E-state index contributed by atoms with van der Waals surface area (Å²) >= 11 is 5.85. The molecule has 28 heavy (non-hydrogen) atoms. The van der Waals surface area contributed by atoms with Crippen LogP contribution in [0.5, 0.6) is 0 Å². The van der Waals surface area contributed by atoms with Crippen LogP contribution in [0.25, 0.3) is 0 Å². The topological polar surface area (TPSA) is 79.6 Å². The Bertz CT molecular complexity index is 902. The summed E-state index contributed by atoms with van der Waals surface area (Å²) in [5.41, 5.74) is 2.03. The standard InChI is InChI=1S/C21H23ClN2O4/c1-3-24(12-18(26)23-11-14-7-9-15(22)10-8-14)21(27)20-13(2)19-16(25)5-4-6-17(19)28-20/h7-10H,3-6,11-12H2,1-2H3,(H,23,26). The highest BCUT2D eigenvalue weighted by molar-refractivity contribution is 6.30. The number of furan rings is 1. The number of benzene rings is 1. The zero-order chi connectivity index (χ0) is 20.3. The van der Waals surface area contributed by atoms with E-state index >= 15 is 0 Å². The average Bonchev–Trinajstić information content (AvgIpc) is 3.03. The van der Waals surface area contributed by atoms with Crippen LogP contribution in [0, 0.1) is 6.92 Å². The van der Waals surface area contributed by atoms with Crippen molar-refractivity contribution in [3.05, 3.63) is 57.5 Å². The Morgan fingerprint density at radius 1 is 1.21 bits per heavy atom. The lowest BCUT2D eigenvalue weighted by atomic mass is 9.94. The van der Waals surface area contributed by atoms with Gasteiger partial charge < -0.3 is 14.6 Å². The van der Waals surface area contributed by atoms with Gasteiger partial charge >= 0.3 is 0 Å². The fourth-order valence-electron chi connectivity index (χ4n) is 3.36. The number of rotatable bonds is 6. The van der Waals surface area contributed by atoms with Gasteiger partial charge in [0.25, 0.3) is 5.91 Å². The van der Waals surface area contributed by atoms with Crippen LogP contribution < -0.4 is 5.32 Å². The first-order chi connectivity index (χ1) is 13.4. The van der Waals surface area contributed by atoms with Crippen LogP contribution in [0.3, 0.4) is 0 Å². The lowest BCUT2D eigenvalue weighted by molar-refractivity contribution is -0.121. The number of Topliss-reactive ketones (excluding diaryl/α,β-unsaturated/α-hetero) is 1. The molecule has 0 atom stereocenters. The highest BCUT2D eigenvalue weighted by Gasteiger charge is 2.31. The SMILES string of the molecule is CCN(CC(=O)NCc1ccc(Cl)cc1)C(=O)c1oc2c(c1C)C(=O)CCC2. The molecule has 7 heteroatoms. The van der Waals surface area contributed by atoms with Gasteiger partial charge in [-0.1, -0.05) is 23.7 Å². The summed E-state index contributed by atoms with van der Waals surface area (Å²) in [6.45, 7) is 4.15. The molecular formula is C21H23ClN2O4. The molecule has 0 bridgehead atoms. The van der Waals surface area contributed by atoms with E-state index in [0.29, 0.717) is 47.8 Å². The fraction of sp³-hybridized carbons (Fsp3) is 0.381. The van der Waals surface area contributed by atoms with Gasteiger partial charge in [0.05, 0.1) is 12.1 Å². The third-order valence-electron chi connectivity index (χ3n) is 4.91. The summed E-state index contributed by atoms with van der Waals surface area (Å²) in [6, 6.07) is 7.18. The van der Waals surface area contributed by atoms with Gasteiger partial charge in [0.2, 0.25) is 5.91 Å². The molecule has 0 aliphatic heterocycles. The molecule has 0 spiro atoms. The molecule has 6 nitrogen and oxygen atoms in total. The zero-order valence-electron chi connectivity index (χ0n) is 16.0. The number of fused-ring (bicyclic) bond motifs is 1. The first-order valence-electron chi connectivity index (χ1n) is 9.36. The summed E-state index contributed by atoms with van der Waals surface area (Å²) in [5.74, 6) is 0.122. The van der Waals surface area contributed by atoms with E-state index in [2.05, 4.69) is 5.32 Å². The number of hydrogen-bond donors (Lipinski definition) is 1. The van der Waals surface area contributed by atoms with E-state index < -0.39 is 0 Å². The van der Waals surface area contributed by atoms with Gasteiger partial charge in [-0.3, -0.25) is 14.4 Å². The Hall–Kier alpha value is -2.60. The van der Waals surface area contributed by atoms with Gasteiger partial charge in [-0.2, -0.15) is 0 Å². The van der Waals surface area contributed by atoms with Crippen LogP contribution in [-0.2, 0) is 17.8 Å².